The Morgan fingerprint density at radius 2 is 1.52 bits per heavy atom. The highest BCUT2D eigenvalue weighted by atomic mass is 16.8. The lowest BCUT2D eigenvalue weighted by Crippen LogP contribution is -2.58. The molecule has 2 saturated heterocycles. The molecule has 2 bridgehead atoms. The van der Waals surface area contributed by atoms with Gasteiger partial charge in [0.15, 0.2) is 12.4 Å². The van der Waals surface area contributed by atoms with Gasteiger partial charge in [-0.05, 0) is 18.1 Å². The summed E-state index contributed by atoms with van der Waals surface area (Å²) in [5.41, 5.74) is 2.05. The van der Waals surface area contributed by atoms with Crippen LogP contribution in [0.2, 0.25) is 0 Å². The van der Waals surface area contributed by atoms with Gasteiger partial charge in [-0.3, -0.25) is 0 Å². The van der Waals surface area contributed by atoms with Crippen LogP contribution in [0.15, 0.2) is 60.7 Å². The Hall–Kier alpha value is -2.29. The van der Waals surface area contributed by atoms with E-state index in [1.54, 1.807) is 6.92 Å². The number of rotatable bonds is 9. The largest absolute Gasteiger partial charge is 0.467 e. The van der Waals surface area contributed by atoms with Gasteiger partial charge < -0.3 is 28.4 Å². The lowest BCUT2D eigenvalue weighted by Gasteiger charge is -2.41. The smallest absolute Gasteiger partial charge is 0.334 e. The summed E-state index contributed by atoms with van der Waals surface area (Å²) in [7, 11) is 1.34. The fraction of sp³-hybridized carbons (Fsp3) is 0.458. The molecule has 31 heavy (non-hydrogen) atoms. The molecule has 2 aromatic rings. The zero-order valence-corrected chi connectivity index (χ0v) is 17.7. The van der Waals surface area contributed by atoms with E-state index in [1.807, 2.05) is 60.7 Å². The van der Waals surface area contributed by atoms with Crippen LogP contribution in [0.4, 0.5) is 0 Å². The summed E-state index contributed by atoms with van der Waals surface area (Å²) < 4.78 is 35.3. The van der Waals surface area contributed by atoms with Crippen molar-refractivity contribution < 1.29 is 33.2 Å². The molecule has 7 heteroatoms. The van der Waals surface area contributed by atoms with Crippen molar-refractivity contribution in [3.8, 4) is 0 Å². The van der Waals surface area contributed by atoms with Crippen molar-refractivity contribution in [2.45, 2.75) is 56.9 Å². The summed E-state index contributed by atoms with van der Waals surface area (Å²) in [6.45, 7) is 2.78. The minimum absolute atomic E-state index is 0.305. The summed E-state index contributed by atoms with van der Waals surface area (Å²) in [5.74, 6) is -0.455. The SMILES string of the molecule is COC(=O)C(C)O[C@@H]1[C@@H](OCc2ccccc2)[C@@H]2OC[C@@H](O2)[C@H]1OCc1ccccc1. The van der Waals surface area contributed by atoms with Crippen LogP contribution in [0.1, 0.15) is 18.1 Å². The Labute approximate surface area is 182 Å². The first-order chi connectivity index (χ1) is 15.2. The second kappa shape index (κ2) is 10.3. The molecular formula is C24H28O7. The molecule has 2 fully saturated rings. The van der Waals surface area contributed by atoms with E-state index in [2.05, 4.69) is 0 Å². The van der Waals surface area contributed by atoms with Crippen molar-refractivity contribution in [1.82, 2.24) is 0 Å². The molecule has 0 radical (unpaired) electrons. The molecule has 2 aliphatic rings. The third kappa shape index (κ3) is 5.31. The first-order valence-corrected chi connectivity index (χ1v) is 10.5. The summed E-state index contributed by atoms with van der Waals surface area (Å²) in [6.07, 6.45) is -3.26. The summed E-state index contributed by atoms with van der Waals surface area (Å²) in [4.78, 5) is 12.0. The maximum absolute atomic E-state index is 12.0. The predicted molar refractivity (Wildman–Crippen MR) is 111 cm³/mol. The fourth-order valence-corrected chi connectivity index (χ4v) is 3.86. The Kier molecular flexibility index (Phi) is 7.32. The summed E-state index contributed by atoms with van der Waals surface area (Å²) in [5, 5.41) is 0. The topological polar surface area (TPSA) is 72.5 Å². The third-order valence-electron chi connectivity index (χ3n) is 5.48. The van der Waals surface area contributed by atoms with Crippen molar-refractivity contribution in [1.29, 1.82) is 0 Å². The van der Waals surface area contributed by atoms with Gasteiger partial charge in [-0.2, -0.15) is 0 Å². The number of hydrogen-bond acceptors (Lipinski definition) is 7. The quantitative estimate of drug-likeness (QED) is 0.569. The second-order valence-corrected chi connectivity index (χ2v) is 7.66. The van der Waals surface area contributed by atoms with Gasteiger partial charge in [0.1, 0.15) is 24.4 Å². The molecule has 7 nitrogen and oxygen atoms in total. The molecule has 0 N–H and O–H groups in total. The Morgan fingerprint density at radius 3 is 2.10 bits per heavy atom. The summed E-state index contributed by atoms with van der Waals surface area (Å²) >= 11 is 0. The van der Waals surface area contributed by atoms with Gasteiger partial charge in [0.25, 0.3) is 0 Å². The van der Waals surface area contributed by atoms with Crippen LogP contribution in [-0.4, -0.2) is 56.5 Å². The van der Waals surface area contributed by atoms with E-state index in [-0.39, 0.29) is 6.10 Å². The third-order valence-corrected chi connectivity index (χ3v) is 5.48. The molecular weight excluding hydrogens is 400 g/mol. The van der Waals surface area contributed by atoms with Crippen LogP contribution in [0.5, 0.6) is 0 Å². The summed E-state index contributed by atoms with van der Waals surface area (Å²) in [6, 6.07) is 19.7. The van der Waals surface area contributed by atoms with Gasteiger partial charge in [-0.15, -0.1) is 0 Å². The number of hydrogen-bond donors (Lipinski definition) is 0. The van der Waals surface area contributed by atoms with Crippen LogP contribution in [0, 0.1) is 0 Å². The molecule has 2 heterocycles. The molecule has 0 aliphatic carbocycles. The lowest BCUT2D eigenvalue weighted by molar-refractivity contribution is -0.273. The van der Waals surface area contributed by atoms with Gasteiger partial charge in [0, 0.05) is 0 Å². The first-order valence-electron chi connectivity index (χ1n) is 10.5. The maximum atomic E-state index is 12.0. The highest BCUT2D eigenvalue weighted by molar-refractivity contribution is 5.74. The van der Waals surface area contributed by atoms with E-state index >= 15 is 0 Å². The van der Waals surface area contributed by atoms with E-state index in [0.717, 1.165) is 11.1 Å². The van der Waals surface area contributed by atoms with Gasteiger partial charge in [0.2, 0.25) is 0 Å². The van der Waals surface area contributed by atoms with E-state index < -0.39 is 36.7 Å². The van der Waals surface area contributed by atoms with Crippen LogP contribution in [-0.2, 0) is 46.4 Å². The lowest BCUT2D eigenvalue weighted by atomic mass is 9.99. The van der Waals surface area contributed by atoms with Crippen LogP contribution in [0.25, 0.3) is 0 Å². The van der Waals surface area contributed by atoms with Crippen LogP contribution < -0.4 is 0 Å². The molecule has 2 aromatic carbocycles. The number of esters is 1. The molecule has 166 valence electrons. The Bertz CT molecular complexity index is 771. The fourth-order valence-electron chi connectivity index (χ4n) is 3.86. The van der Waals surface area contributed by atoms with Crippen molar-refractivity contribution in [2.24, 2.45) is 0 Å². The predicted octanol–water partition coefficient (Wildman–Crippen LogP) is 2.86. The molecule has 2 aliphatic heterocycles. The normalized spacial score (nSPS) is 28.3. The molecule has 6 atom stereocenters. The number of carbonyl (C=O) groups excluding carboxylic acids is 1. The van der Waals surface area contributed by atoms with Crippen LogP contribution in [0.3, 0.4) is 0 Å². The van der Waals surface area contributed by atoms with Crippen molar-refractivity contribution in [2.75, 3.05) is 13.7 Å². The van der Waals surface area contributed by atoms with Gasteiger partial charge in [-0.25, -0.2) is 4.79 Å². The molecule has 4 rings (SSSR count). The van der Waals surface area contributed by atoms with Gasteiger partial charge >= 0.3 is 5.97 Å². The Morgan fingerprint density at radius 1 is 0.935 bits per heavy atom. The molecule has 0 amide bonds. The van der Waals surface area contributed by atoms with Crippen molar-refractivity contribution >= 4 is 5.97 Å². The van der Waals surface area contributed by atoms with Crippen molar-refractivity contribution in [3.05, 3.63) is 71.8 Å². The van der Waals surface area contributed by atoms with Gasteiger partial charge in [-0.1, -0.05) is 60.7 Å². The standard InChI is InChI=1S/C24H28O7/c1-16(23(25)26-2)30-21-20(27-13-17-9-5-3-6-10-17)19-15-29-24(31-19)22(21)28-14-18-11-7-4-8-12-18/h3-12,16,19-22,24H,13-15H2,1-2H3/t16?,19-,20-,21+,22-,24-/m1/s1. The molecule has 0 spiro atoms. The monoisotopic (exact) mass is 428 g/mol. The van der Waals surface area contributed by atoms with E-state index in [4.69, 9.17) is 28.4 Å². The number of methoxy groups -OCH3 is 1. The van der Waals surface area contributed by atoms with E-state index in [1.165, 1.54) is 7.11 Å². The highest BCUT2D eigenvalue weighted by Gasteiger charge is 2.53. The number of ether oxygens (including phenoxy) is 6. The number of carbonyl (C=O) groups is 1. The van der Waals surface area contributed by atoms with Gasteiger partial charge in [0.05, 0.1) is 26.9 Å². The average molecular weight is 428 g/mol. The number of benzene rings is 2. The zero-order chi connectivity index (χ0) is 21.6. The highest BCUT2D eigenvalue weighted by Crippen LogP contribution is 2.35. The molecule has 0 aromatic heterocycles. The minimum Gasteiger partial charge on any atom is -0.467 e. The second-order valence-electron chi connectivity index (χ2n) is 7.66. The number of fused-ring (bicyclic) bond motifs is 2. The molecule has 0 saturated carbocycles. The molecule has 1 unspecified atom stereocenters. The zero-order valence-electron chi connectivity index (χ0n) is 17.7. The van der Waals surface area contributed by atoms with E-state index in [9.17, 15) is 4.79 Å². The first kappa shape index (κ1) is 21.9. The Balaban J connectivity index is 1.52. The average Bonchev–Trinajstić information content (AvgIpc) is 3.24. The maximum Gasteiger partial charge on any atom is 0.334 e. The van der Waals surface area contributed by atoms with Crippen molar-refractivity contribution in [3.63, 3.8) is 0 Å². The minimum atomic E-state index is -0.779. The van der Waals surface area contributed by atoms with Crippen LogP contribution >= 0.6 is 0 Å². The van der Waals surface area contributed by atoms with E-state index in [0.29, 0.717) is 19.8 Å².